The molecule has 5 nitrogen and oxygen atoms in total. The summed E-state index contributed by atoms with van der Waals surface area (Å²) in [7, 11) is 5.94. The summed E-state index contributed by atoms with van der Waals surface area (Å²) in [6.45, 7) is 1.99. The van der Waals surface area contributed by atoms with E-state index in [1.807, 2.05) is 6.07 Å². The fraction of sp³-hybridized carbons (Fsp3) is 0.476. The van der Waals surface area contributed by atoms with Crippen molar-refractivity contribution in [3.63, 3.8) is 0 Å². The number of benzene rings is 1. The normalized spacial score (nSPS) is 14.3. The van der Waals surface area contributed by atoms with Crippen molar-refractivity contribution >= 4 is 27.6 Å². The minimum absolute atomic E-state index is 0.863. The van der Waals surface area contributed by atoms with E-state index in [9.17, 15) is 0 Å². The zero-order valence-corrected chi connectivity index (χ0v) is 16.0. The number of hydrogen-bond donors (Lipinski definition) is 1. The molecule has 138 valence electrons. The molecule has 26 heavy (non-hydrogen) atoms. The Hall–Kier alpha value is -2.27. The second-order valence-corrected chi connectivity index (χ2v) is 7.55. The Labute approximate surface area is 154 Å². The minimum Gasteiger partial charge on any atom is -0.497 e. The lowest BCUT2D eigenvalue weighted by atomic mass is 9.93. The van der Waals surface area contributed by atoms with Gasteiger partial charge < -0.3 is 19.9 Å². The van der Waals surface area contributed by atoms with Crippen LogP contribution in [0.15, 0.2) is 18.2 Å². The number of nitrogen functional groups attached to an aromatic ring is 1. The SMILES string of the molecule is COc1ccc2c(c1)c1c(N)c3c(nc1n2CCCN(C)C)CCCC3. The Morgan fingerprint density at radius 2 is 2.04 bits per heavy atom. The van der Waals surface area contributed by atoms with Crippen molar-refractivity contribution in [3.8, 4) is 5.75 Å². The summed E-state index contributed by atoms with van der Waals surface area (Å²) < 4.78 is 7.81. The number of aryl methyl sites for hydroxylation is 2. The average Bonchev–Trinajstić information content (AvgIpc) is 2.95. The van der Waals surface area contributed by atoms with Gasteiger partial charge in [0.05, 0.1) is 18.0 Å². The smallest absolute Gasteiger partial charge is 0.143 e. The highest BCUT2D eigenvalue weighted by Gasteiger charge is 2.22. The Balaban J connectivity index is 1.95. The van der Waals surface area contributed by atoms with Gasteiger partial charge in [0.25, 0.3) is 0 Å². The molecule has 0 bridgehead atoms. The maximum absolute atomic E-state index is 6.69. The van der Waals surface area contributed by atoms with Crippen molar-refractivity contribution in [1.29, 1.82) is 0 Å². The summed E-state index contributed by atoms with van der Waals surface area (Å²) in [4.78, 5) is 7.32. The third-order valence-electron chi connectivity index (χ3n) is 5.50. The van der Waals surface area contributed by atoms with E-state index < -0.39 is 0 Å². The van der Waals surface area contributed by atoms with Gasteiger partial charge in [-0.3, -0.25) is 0 Å². The lowest BCUT2D eigenvalue weighted by Gasteiger charge is -2.18. The molecule has 0 fully saturated rings. The first kappa shape index (κ1) is 17.2. The third kappa shape index (κ3) is 2.80. The molecule has 3 aromatic rings. The van der Waals surface area contributed by atoms with Crippen molar-refractivity contribution in [2.75, 3.05) is 33.5 Å². The topological polar surface area (TPSA) is 56.3 Å². The van der Waals surface area contributed by atoms with E-state index in [4.69, 9.17) is 15.5 Å². The Kier molecular flexibility index (Phi) is 4.49. The summed E-state index contributed by atoms with van der Waals surface area (Å²) in [5.74, 6) is 0.863. The summed E-state index contributed by atoms with van der Waals surface area (Å²) in [6.07, 6.45) is 5.57. The van der Waals surface area contributed by atoms with E-state index in [0.717, 1.165) is 60.2 Å². The second kappa shape index (κ2) is 6.80. The van der Waals surface area contributed by atoms with Gasteiger partial charge in [-0.15, -0.1) is 0 Å². The maximum atomic E-state index is 6.69. The molecule has 0 unspecified atom stereocenters. The van der Waals surface area contributed by atoms with Crippen molar-refractivity contribution in [1.82, 2.24) is 14.5 Å². The Morgan fingerprint density at radius 3 is 2.81 bits per heavy atom. The zero-order chi connectivity index (χ0) is 18.3. The first-order valence-electron chi connectivity index (χ1n) is 9.52. The van der Waals surface area contributed by atoms with Crippen LogP contribution in [0.3, 0.4) is 0 Å². The van der Waals surface area contributed by atoms with Crippen LogP contribution in [0.1, 0.15) is 30.5 Å². The van der Waals surface area contributed by atoms with Crippen LogP contribution in [-0.2, 0) is 19.4 Å². The van der Waals surface area contributed by atoms with E-state index >= 15 is 0 Å². The van der Waals surface area contributed by atoms with E-state index in [1.165, 1.54) is 29.6 Å². The average molecular weight is 352 g/mol. The monoisotopic (exact) mass is 352 g/mol. The molecule has 1 aliphatic rings. The standard InChI is InChI=1S/C21H28N4O/c1-24(2)11-6-12-25-18-10-9-14(26-3)13-16(18)19-20(22)15-7-4-5-8-17(15)23-21(19)25/h9-10,13H,4-8,11-12H2,1-3H3,(H2,22,23). The molecule has 0 spiro atoms. The zero-order valence-electron chi connectivity index (χ0n) is 16.0. The molecule has 2 heterocycles. The molecule has 0 radical (unpaired) electrons. The molecule has 4 rings (SSSR count). The van der Waals surface area contributed by atoms with E-state index in [-0.39, 0.29) is 0 Å². The predicted molar refractivity (Wildman–Crippen MR) is 108 cm³/mol. The van der Waals surface area contributed by atoms with Crippen LogP contribution in [0.25, 0.3) is 21.9 Å². The molecule has 2 N–H and O–H groups in total. The highest BCUT2D eigenvalue weighted by molar-refractivity contribution is 6.13. The number of rotatable bonds is 5. The van der Waals surface area contributed by atoms with Crippen LogP contribution in [0.4, 0.5) is 5.69 Å². The Morgan fingerprint density at radius 1 is 1.23 bits per heavy atom. The molecule has 0 atom stereocenters. The van der Waals surface area contributed by atoms with Gasteiger partial charge in [0.15, 0.2) is 0 Å². The van der Waals surface area contributed by atoms with Crippen molar-refractivity contribution in [2.45, 2.75) is 38.6 Å². The van der Waals surface area contributed by atoms with Gasteiger partial charge in [0.2, 0.25) is 0 Å². The molecule has 0 aliphatic heterocycles. The largest absolute Gasteiger partial charge is 0.497 e. The number of anilines is 1. The first-order valence-corrected chi connectivity index (χ1v) is 9.52. The number of ether oxygens (including phenoxy) is 1. The van der Waals surface area contributed by atoms with Crippen LogP contribution in [0.5, 0.6) is 5.75 Å². The lowest BCUT2D eigenvalue weighted by Crippen LogP contribution is -2.15. The van der Waals surface area contributed by atoms with Crippen molar-refractivity contribution in [3.05, 3.63) is 29.5 Å². The highest BCUT2D eigenvalue weighted by atomic mass is 16.5. The van der Waals surface area contributed by atoms with Crippen LogP contribution in [0, 0.1) is 0 Å². The number of fused-ring (bicyclic) bond motifs is 4. The number of hydrogen-bond acceptors (Lipinski definition) is 4. The van der Waals surface area contributed by atoms with Gasteiger partial charge in [-0.1, -0.05) is 0 Å². The van der Waals surface area contributed by atoms with E-state index in [1.54, 1.807) is 7.11 Å². The first-order chi connectivity index (χ1) is 12.6. The van der Waals surface area contributed by atoms with Gasteiger partial charge >= 0.3 is 0 Å². The van der Waals surface area contributed by atoms with Gasteiger partial charge in [-0.25, -0.2) is 4.98 Å². The van der Waals surface area contributed by atoms with Crippen LogP contribution in [0.2, 0.25) is 0 Å². The van der Waals surface area contributed by atoms with Crippen molar-refractivity contribution in [2.24, 2.45) is 0 Å². The number of nitrogens with zero attached hydrogens (tertiary/aromatic N) is 3. The fourth-order valence-corrected chi connectivity index (χ4v) is 4.18. The predicted octanol–water partition coefficient (Wildman–Crippen LogP) is 3.61. The molecule has 0 amide bonds. The van der Waals surface area contributed by atoms with Crippen LogP contribution >= 0.6 is 0 Å². The minimum atomic E-state index is 0.863. The van der Waals surface area contributed by atoms with E-state index in [2.05, 4.69) is 35.7 Å². The summed E-state index contributed by atoms with van der Waals surface area (Å²) >= 11 is 0. The molecule has 2 aromatic heterocycles. The summed E-state index contributed by atoms with van der Waals surface area (Å²) in [5, 5.41) is 2.26. The fourth-order valence-electron chi connectivity index (χ4n) is 4.18. The number of pyridine rings is 1. The molecule has 5 heteroatoms. The van der Waals surface area contributed by atoms with Crippen LogP contribution < -0.4 is 10.5 Å². The molecular formula is C21H28N4O. The third-order valence-corrected chi connectivity index (χ3v) is 5.50. The Bertz CT molecular complexity index is 958. The lowest BCUT2D eigenvalue weighted by molar-refractivity contribution is 0.389. The molecule has 0 saturated heterocycles. The van der Waals surface area contributed by atoms with Gasteiger partial charge in [-0.05, 0) is 76.5 Å². The molecular weight excluding hydrogens is 324 g/mol. The number of aromatic nitrogens is 2. The molecule has 0 saturated carbocycles. The van der Waals surface area contributed by atoms with Crippen molar-refractivity contribution < 1.29 is 4.74 Å². The second-order valence-electron chi connectivity index (χ2n) is 7.55. The highest BCUT2D eigenvalue weighted by Crippen LogP contribution is 2.38. The quantitative estimate of drug-likeness (QED) is 0.762. The molecule has 1 aliphatic carbocycles. The maximum Gasteiger partial charge on any atom is 0.143 e. The van der Waals surface area contributed by atoms with Gasteiger partial charge in [0.1, 0.15) is 11.4 Å². The number of nitrogens with two attached hydrogens (primary N) is 1. The summed E-state index contributed by atoms with van der Waals surface area (Å²) in [5.41, 5.74) is 12.3. The summed E-state index contributed by atoms with van der Waals surface area (Å²) in [6, 6.07) is 6.27. The van der Waals surface area contributed by atoms with Gasteiger partial charge in [0, 0.05) is 23.3 Å². The molecule has 1 aromatic carbocycles. The van der Waals surface area contributed by atoms with Crippen LogP contribution in [-0.4, -0.2) is 42.2 Å². The van der Waals surface area contributed by atoms with Gasteiger partial charge in [-0.2, -0.15) is 0 Å². The number of methoxy groups -OCH3 is 1. The van der Waals surface area contributed by atoms with E-state index in [0.29, 0.717) is 0 Å².